The molecule has 0 N–H and O–H groups in total. The number of hydrogen-bond acceptors (Lipinski definition) is 5. The zero-order valence-electron chi connectivity index (χ0n) is 18.9. The number of nitrogens with zero attached hydrogens (tertiary/aromatic N) is 3. The molecule has 34 heavy (non-hydrogen) atoms. The zero-order valence-corrected chi connectivity index (χ0v) is 18.9. The first-order valence-electron chi connectivity index (χ1n) is 11.2. The van der Waals surface area contributed by atoms with Crippen molar-refractivity contribution in [1.29, 1.82) is 0 Å². The van der Waals surface area contributed by atoms with Gasteiger partial charge in [0.05, 0.1) is 37.1 Å². The van der Waals surface area contributed by atoms with Crippen LogP contribution in [0, 0.1) is 0 Å². The monoisotopic (exact) mass is 451 g/mol. The van der Waals surface area contributed by atoms with Crippen LogP contribution in [0.5, 0.6) is 5.75 Å². The molecule has 5 rings (SSSR count). The number of benzene rings is 2. The first-order valence-corrected chi connectivity index (χ1v) is 11.2. The molecule has 0 unspecified atom stereocenters. The van der Waals surface area contributed by atoms with Crippen molar-refractivity contribution < 1.29 is 14.3 Å². The van der Waals surface area contributed by atoms with Gasteiger partial charge in [-0.3, -0.25) is 4.98 Å². The highest BCUT2D eigenvalue weighted by Gasteiger charge is 2.31. The molecule has 2 aromatic heterocycles. The summed E-state index contributed by atoms with van der Waals surface area (Å²) in [4.78, 5) is 18.7. The van der Waals surface area contributed by atoms with Crippen LogP contribution >= 0.6 is 0 Å². The van der Waals surface area contributed by atoms with Crippen molar-refractivity contribution >= 4 is 23.8 Å². The van der Waals surface area contributed by atoms with Crippen LogP contribution in [0.3, 0.4) is 0 Å². The fourth-order valence-electron chi connectivity index (χ4n) is 4.04. The third kappa shape index (κ3) is 4.57. The van der Waals surface area contributed by atoms with Crippen molar-refractivity contribution in [2.75, 3.05) is 25.1 Å². The van der Waals surface area contributed by atoms with Gasteiger partial charge in [0.2, 0.25) is 0 Å². The van der Waals surface area contributed by atoms with E-state index in [4.69, 9.17) is 9.47 Å². The average molecular weight is 452 g/mol. The second-order valence-corrected chi connectivity index (χ2v) is 8.09. The van der Waals surface area contributed by atoms with Crippen molar-refractivity contribution in [3.05, 3.63) is 108 Å². The van der Waals surface area contributed by atoms with Crippen LogP contribution in [0.2, 0.25) is 0 Å². The molecular formula is C28H25N3O3. The van der Waals surface area contributed by atoms with Gasteiger partial charge in [-0.1, -0.05) is 36.4 Å². The molecule has 3 heterocycles. The number of hydrogen-bond donors (Lipinski definition) is 0. The fraction of sp³-hybridized carbons (Fsp3) is 0.143. The topological polar surface area (TPSA) is 56.6 Å². The maximum Gasteiger partial charge on any atom is 0.340 e. The molecule has 170 valence electrons. The lowest BCUT2D eigenvalue weighted by Gasteiger charge is -2.41. The second-order valence-electron chi connectivity index (χ2n) is 8.09. The Balaban J connectivity index is 1.25. The Labute approximate surface area is 198 Å². The molecule has 1 aliphatic heterocycles. The van der Waals surface area contributed by atoms with Gasteiger partial charge in [-0.2, -0.15) is 0 Å². The molecule has 1 saturated heterocycles. The highest BCUT2D eigenvalue weighted by atomic mass is 16.5. The Bertz CT molecular complexity index is 1280. The number of rotatable bonds is 7. The molecule has 0 saturated carbocycles. The summed E-state index contributed by atoms with van der Waals surface area (Å²) in [5, 5.41) is 0. The Morgan fingerprint density at radius 2 is 1.71 bits per heavy atom. The van der Waals surface area contributed by atoms with Crippen molar-refractivity contribution in [1.82, 2.24) is 9.55 Å². The second kappa shape index (κ2) is 9.67. The summed E-state index contributed by atoms with van der Waals surface area (Å²) in [5.41, 5.74) is 4.50. The van der Waals surface area contributed by atoms with Crippen molar-refractivity contribution in [2.24, 2.45) is 0 Å². The largest absolute Gasteiger partial charge is 0.487 e. The van der Waals surface area contributed by atoms with E-state index in [-0.39, 0.29) is 12.1 Å². The lowest BCUT2D eigenvalue weighted by molar-refractivity contribution is 0.0601. The average Bonchev–Trinajstić information content (AvgIpc) is 3.40. The minimum Gasteiger partial charge on any atom is -0.487 e. The van der Waals surface area contributed by atoms with Gasteiger partial charge in [0.15, 0.2) is 0 Å². The highest BCUT2D eigenvalue weighted by Crippen LogP contribution is 2.33. The van der Waals surface area contributed by atoms with E-state index >= 15 is 0 Å². The maximum atomic E-state index is 12.4. The number of carbonyl (C=O) groups is 1. The number of carbonyl (C=O) groups excluding carboxylic acids is 1. The third-order valence-corrected chi connectivity index (χ3v) is 5.81. The molecule has 0 aliphatic carbocycles. The van der Waals surface area contributed by atoms with E-state index in [2.05, 4.69) is 16.0 Å². The normalized spacial score (nSPS) is 13.6. The van der Waals surface area contributed by atoms with Crippen molar-refractivity contribution in [3.8, 4) is 11.4 Å². The van der Waals surface area contributed by atoms with E-state index in [1.54, 1.807) is 12.3 Å². The van der Waals surface area contributed by atoms with Crippen LogP contribution in [0.4, 0.5) is 5.69 Å². The van der Waals surface area contributed by atoms with Gasteiger partial charge in [-0.15, -0.1) is 0 Å². The Morgan fingerprint density at radius 1 is 0.941 bits per heavy atom. The summed E-state index contributed by atoms with van der Waals surface area (Å²) >= 11 is 0. The first kappa shape index (κ1) is 21.5. The maximum absolute atomic E-state index is 12.4. The molecule has 0 spiro atoms. The fourth-order valence-corrected chi connectivity index (χ4v) is 4.04. The minimum absolute atomic E-state index is 0.0797. The quantitative estimate of drug-likeness (QED) is 0.366. The van der Waals surface area contributed by atoms with Gasteiger partial charge in [0.1, 0.15) is 11.9 Å². The standard InChI is InChI=1S/C28H25N3O3/c1-33-28(32)25-7-4-8-26(27(25)30-16-2-3-17-30)31-19-24(20-31)34-23-13-11-21(12-14-23)9-10-22-6-5-15-29-18-22/h2-18,24H,19-20H2,1H3/b10-9+. The molecule has 4 aromatic rings. The number of anilines is 1. The van der Waals surface area contributed by atoms with Crippen LogP contribution < -0.4 is 9.64 Å². The summed E-state index contributed by atoms with van der Waals surface area (Å²) in [6, 6.07) is 21.6. The summed E-state index contributed by atoms with van der Waals surface area (Å²) in [5.74, 6) is 0.494. The molecule has 0 bridgehead atoms. The Kier molecular flexibility index (Phi) is 6.12. The molecule has 0 atom stereocenters. The first-order chi connectivity index (χ1) is 16.7. The third-order valence-electron chi connectivity index (χ3n) is 5.81. The van der Waals surface area contributed by atoms with E-state index in [1.807, 2.05) is 89.9 Å². The van der Waals surface area contributed by atoms with E-state index in [1.165, 1.54) is 7.11 Å². The predicted molar refractivity (Wildman–Crippen MR) is 133 cm³/mol. The molecule has 0 amide bonds. The van der Waals surface area contributed by atoms with Crippen LogP contribution in [0.1, 0.15) is 21.5 Å². The Morgan fingerprint density at radius 3 is 2.41 bits per heavy atom. The van der Waals surface area contributed by atoms with E-state index < -0.39 is 0 Å². The SMILES string of the molecule is COC(=O)c1cccc(N2CC(Oc3ccc(/C=C/c4cccnc4)cc3)C2)c1-n1cccc1. The molecule has 1 fully saturated rings. The summed E-state index contributed by atoms with van der Waals surface area (Å²) in [6.07, 6.45) is 11.6. The number of aromatic nitrogens is 2. The van der Waals surface area contributed by atoms with E-state index in [9.17, 15) is 4.79 Å². The lowest BCUT2D eigenvalue weighted by Crippen LogP contribution is -2.54. The molecule has 1 aliphatic rings. The van der Waals surface area contributed by atoms with Crippen LogP contribution in [-0.2, 0) is 4.74 Å². The molecular weight excluding hydrogens is 426 g/mol. The summed E-state index contributed by atoms with van der Waals surface area (Å²) in [6.45, 7) is 1.48. The number of para-hydroxylation sites is 1. The van der Waals surface area contributed by atoms with Crippen molar-refractivity contribution in [2.45, 2.75) is 6.10 Å². The van der Waals surface area contributed by atoms with Gasteiger partial charge in [0, 0.05) is 24.8 Å². The van der Waals surface area contributed by atoms with E-state index in [0.717, 1.165) is 41.3 Å². The van der Waals surface area contributed by atoms with Crippen molar-refractivity contribution in [3.63, 3.8) is 0 Å². The molecule has 6 heteroatoms. The smallest absolute Gasteiger partial charge is 0.340 e. The summed E-state index contributed by atoms with van der Waals surface area (Å²) < 4.78 is 13.1. The zero-order chi connectivity index (χ0) is 23.3. The van der Waals surface area contributed by atoms with Gasteiger partial charge in [-0.25, -0.2) is 4.79 Å². The molecule has 2 aromatic carbocycles. The van der Waals surface area contributed by atoms with E-state index in [0.29, 0.717) is 5.56 Å². The van der Waals surface area contributed by atoms with Crippen LogP contribution in [0.25, 0.3) is 17.8 Å². The highest BCUT2D eigenvalue weighted by molar-refractivity contribution is 5.96. The van der Waals surface area contributed by atoms with Gasteiger partial charge < -0.3 is 18.9 Å². The van der Waals surface area contributed by atoms with Crippen LogP contribution in [0.15, 0.2) is 91.5 Å². The molecule has 6 nitrogen and oxygen atoms in total. The van der Waals surface area contributed by atoms with Gasteiger partial charge in [-0.05, 0) is 53.6 Å². The lowest BCUT2D eigenvalue weighted by atomic mass is 10.1. The predicted octanol–water partition coefficient (Wildman–Crippen LogP) is 5.10. The summed E-state index contributed by atoms with van der Waals surface area (Å²) in [7, 11) is 1.40. The number of esters is 1. The van der Waals surface area contributed by atoms with Gasteiger partial charge in [0.25, 0.3) is 0 Å². The minimum atomic E-state index is -0.350. The van der Waals surface area contributed by atoms with Gasteiger partial charge >= 0.3 is 5.97 Å². The number of pyridine rings is 1. The Hall–Kier alpha value is -4.32. The molecule has 0 radical (unpaired) electrons. The van der Waals surface area contributed by atoms with Crippen LogP contribution in [-0.4, -0.2) is 41.8 Å². The number of methoxy groups -OCH3 is 1. The number of ether oxygens (including phenoxy) is 2.